The molecule has 158 valence electrons. The zero-order valence-corrected chi connectivity index (χ0v) is 18.1. The number of methoxy groups -OCH3 is 1. The number of nitrogens with zero attached hydrogens (tertiary/aromatic N) is 1. The van der Waals surface area contributed by atoms with Gasteiger partial charge in [-0.1, -0.05) is 6.07 Å². The lowest BCUT2D eigenvalue weighted by atomic mass is 9.94. The van der Waals surface area contributed by atoms with Crippen molar-refractivity contribution in [2.24, 2.45) is 10.3 Å². The zero-order valence-electron chi connectivity index (χ0n) is 17.3. The molecule has 2 unspecified atom stereocenters. The highest BCUT2D eigenvalue weighted by Gasteiger charge is 2.38. The van der Waals surface area contributed by atoms with Gasteiger partial charge in [0.1, 0.15) is 9.92 Å². The SMILES string of the molecule is COC(C)(C)CC1CS(=O)(=NC(=O)Nc2c3c(cc4c2CCC4)CCC3)NC1=O. The maximum absolute atomic E-state index is 13.0. The predicted molar refractivity (Wildman–Crippen MR) is 112 cm³/mol. The van der Waals surface area contributed by atoms with Crippen molar-refractivity contribution >= 4 is 27.5 Å². The minimum atomic E-state index is -3.12. The first kappa shape index (κ1) is 20.3. The van der Waals surface area contributed by atoms with Crippen molar-refractivity contribution in [3.8, 4) is 0 Å². The van der Waals surface area contributed by atoms with E-state index in [4.69, 9.17) is 4.74 Å². The molecule has 7 nitrogen and oxygen atoms in total. The van der Waals surface area contributed by atoms with E-state index in [1.54, 1.807) is 7.11 Å². The number of hydrogen-bond donors (Lipinski definition) is 2. The Kier molecular flexibility index (Phi) is 5.19. The lowest BCUT2D eigenvalue weighted by Gasteiger charge is -2.24. The number of anilines is 1. The van der Waals surface area contributed by atoms with Gasteiger partial charge in [-0.3, -0.25) is 9.52 Å². The van der Waals surface area contributed by atoms with Crippen LogP contribution in [-0.2, 0) is 45.1 Å². The number of carbonyl (C=O) groups excluding carboxylic acids is 2. The summed E-state index contributed by atoms with van der Waals surface area (Å²) in [5, 5.41) is 2.92. The number of ether oxygens (including phenoxy) is 1. The van der Waals surface area contributed by atoms with Crippen LogP contribution >= 0.6 is 0 Å². The molecule has 1 heterocycles. The Balaban J connectivity index is 1.56. The molecule has 2 atom stereocenters. The van der Waals surface area contributed by atoms with Crippen molar-refractivity contribution < 1.29 is 18.5 Å². The molecule has 2 aliphatic carbocycles. The van der Waals surface area contributed by atoms with Gasteiger partial charge in [0.2, 0.25) is 5.91 Å². The summed E-state index contributed by atoms with van der Waals surface area (Å²) in [6, 6.07) is 1.65. The average molecular weight is 420 g/mol. The summed E-state index contributed by atoms with van der Waals surface area (Å²) in [6.07, 6.45) is 6.54. The van der Waals surface area contributed by atoms with Gasteiger partial charge in [0.25, 0.3) is 0 Å². The van der Waals surface area contributed by atoms with E-state index in [-0.39, 0.29) is 11.7 Å². The lowest BCUT2D eigenvalue weighted by Crippen LogP contribution is -2.30. The van der Waals surface area contributed by atoms with E-state index in [0.717, 1.165) is 44.2 Å². The van der Waals surface area contributed by atoms with Crippen molar-refractivity contribution in [1.82, 2.24) is 4.72 Å². The first-order chi connectivity index (χ1) is 13.7. The number of amides is 3. The van der Waals surface area contributed by atoms with Crippen molar-refractivity contribution in [2.75, 3.05) is 18.2 Å². The molecule has 4 rings (SSSR count). The van der Waals surface area contributed by atoms with Crippen LogP contribution in [0.25, 0.3) is 0 Å². The fourth-order valence-electron chi connectivity index (χ4n) is 4.75. The summed E-state index contributed by atoms with van der Waals surface area (Å²) >= 11 is 0. The van der Waals surface area contributed by atoms with Gasteiger partial charge in [-0.2, -0.15) is 0 Å². The number of carbonyl (C=O) groups is 2. The number of hydrogen-bond acceptors (Lipinski definition) is 4. The molecule has 0 spiro atoms. The van der Waals surface area contributed by atoms with Crippen molar-refractivity contribution in [3.63, 3.8) is 0 Å². The summed E-state index contributed by atoms with van der Waals surface area (Å²) < 4.78 is 24.8. The van der Waals surface area contributed by atoms with Crippen LogP contribution in [0, 0.1) is 5.92 Å². The van der Waals surface area contributed by atoms with Gasteiger partial charge < -0.3 is 10.1 Å². The summed E-state index contributed by atoms with van der Waals surface area (Å²) in [7, 11) is -1.54. The molecule has 1 aromatic rings. The van der Waals surface area contributed by atoms with Crippen LogP contribution < -0.4 is 10.0 Å². The minimum Gasteiger partial charge on any atom is -0.379 e. The van der Waals surface area contributed by atoms with E-state index in [9.17, 15) is 13.8 Å². The van der Waals surface area contributed by atoms with Gasteiger partial charge in [0.05, 0.1) is 17.3 Å². The van der Waals surface area contributed by atoms with Crippen LogP contribution in [0.1, 0.15) is 55.4 Å². The third-order valence-corrected chi connectivity index (χ3v) is 8.12. The van der Waals surface area contributed by atoms with Crippen LogP contribution in [0.4, 0.5) is 10.5 Å². The fraction of sp³-hybridized carbons (Fsp3) is 0.619. The third kappa shape index (κ3) is 4.05. The Bertz CT molecular complexity index is 960. The van der Waals surface area contributed by atoms with E-state index in [1.807, 2.05) is 13.8 Å². The Morgan fingerprint density at radius 1 is 1.24 bits per heavy atom. The van der Waals surface area contributed by atoms with E-state index in [1.165, 1.54) is 22.3 Å². The Morgan fingerprint density at radius 3 is 2.45 bits per heavy atom. The first-order valence-corrected chi connectivity index (χ1v) is 12.0. The van der Waals surface area contributed by atoms with E-state index < -0.39 is 27.5 Å². The second kappa shape index (κ2) is 7.40. The first-order valence-electron chi connectivity index (χ1n) is 10.3. The largest absolute Gasteiger partial charge is 0.379 e. The normalized spacial score (nSPS) is 25.5. The van der Waals surface area contributed by atoms with E-state index in [0.29, 0.717) is 6.42 Å². The molecule has 3 amide bonds. The molecule has 1 aliphatic heterocycles. The molecule has 29 heavy (non-hydrogen) atoms. The van der Waals surface area contributed by atoms with Gasteiger partial charge in [0.15, 0.2) is 0 Å². The Morgan fingerprint density at radius 2 is 1.86 bits per heavy atom. The predicted octanol–water partition coefficient (Wildman–Crippen LogP) is 3.14. The number of nitrogens with one attached hydrogen (secondary N) is 2. The van der Waals surface area contributed by atoms with Crippen LogP contribution in [0.3, 0.4) is 0 Å². The molecule has 1 aromatic carbocycles. The highest BCUT2D eigenvalue weighted by molar-refractivity contribution is 7.93. The highest BCUT2D eigenvalue weighted by Crippen LogP contribution is 2.38. The maximum atomic E-state index is 13.0. The van der Waals surface area contributed by atoms with Gasteiger partial charge >= 0.3 is 6.03 Å². The van der Waals surface area contributed by atoms with E-state index in [2.05, 4.69) is 20.5 Å². The molecule has 1 saturated heterocycles. The molecule has 0 bridgehead atoms. The second-order valence-electron chi connectivity index (χ2n) is 8.89. The average Bonchev–Trinajstić information content (AvgIpc) is 3.34. The second-order valence-corrected chi connectivity index (χ2v) is 10.9. The topological polar surface area (TPSA) is 96.9 Å². The standard InChI is InChI=1S/C21H29N3O4S/c1-21(2,28-3)11-15-12-29(27,23-19(15)25)24-20(26)22-18-16-8-4-6-13(16)10-14-7-5-9-17(14)18/h10,15H,4-9,11-12H2,1-3H3,(H2,22,23,24,25,26,27). The third-order valence-electron chi connectivity index (χ3n) is 6.28. The number of urea groups is 1. The van der Waals surface area contributed by atoms with Gasteiger partial charge in [-0.15, -0.1) is 4.36 Å². The molecular weight excluding hydrogens is 390 g/mol. The molecule has 1 fully saturated rings. The molecule has 0 saturated carbocycles. The maximum Gasteiger partial charge on any atom is 0.354 e. The monoisotopic (exact) mass is 419 g/mol. The molecule has 2 N–H and O–H groups in total. The van der Waals surface area contributed by atoms with Crippen molar-refractivity contribution in [1.29, 1.82) is 0 Å². The Hall–Kier alpha value is -1.93. The van der Waals surface area contributed by atoms with Crippen LogP contribution in [0.2, 0.25) is 0 Å². The molecular formula is C21H29N3O4S. The fourth-order valence-corrected chi connectivity index (χ4v) is 6.56. The highest BCUT2D eigenvalue weighted by atomic mass is 32.2. The molecule has 0 radical (unpaired) electrons. The number of aryl methyl sites for hydroxylation is 2. The summed E-state index contributed by atoms with van der Waals surface area (Å²) in [6.45, 7) is 3.75. The van der Waals surface area contributed by atoms with Crippen molar-refractivity contribution in [3.05, 3.63) is 28.3 Å². The quantitative estimate of drug-likeness (QED) is 0.783. The molecule has 0 aromatic heterocycles. The summed E-state index contributed by atoms with van der Waals surface area (Å²) in [5.74, 6) is -0.797. The van der Waals surface area contributed by atoms with Gasteiger partial charge in [-0.05, 0) is 81.0 Å². The summed E-state index contributed by atoms with van der Waals surface area (Å²) in [4.78, 5) is 25.0. The molecule has 8 heteroatoms. The van der Waals surface area contributed by atoms with Crippen LogP contribution in [-0.4, -0.2) is 34.6 Å². The Labute approximate surface area is 172 Å². The lowest BCUT2D eigenvalue weighted by molar-refractivity contribution is -0.123. The zero-order chi connectivity index (χ0) is 20.8. The van der Waals surface area contributed by atoms with Gasteiger partial charge in [-0.25, -0.2) is 9.00 Å². The van der Waals surface area contributed by atoms with Gasteiger partial charge in [0, 0.05) is 12.8 Å². The number of benzene rings is 1. The van der Waals surface area contributed by atoms with Crippen LogP contribution in [0.5, 0.6) is 0 Å². The summed E-state index contributed by atoms with van der Waals surface area (Å²) in [5.41, 5.74) is 5.35. The molecule has 3 aliphatic rings. The number of fused-ring (bicyclic) bond motifs is 2. The van der Waals surface area contributed by atoms with Crippen LogP contribution in [0.15, 0.2) is 10.4 Å². The minimum absolute atomic E-state index is 0.0248. The van der Waals surface area contributed by atoms with Crippen molar-refractivity contribution in [2.45, 2.75) is 64.4 Å². The number of rotatable bonds is 4. The van der Waals surface area contributed by atoms with E-state index >= 15 is 0 Å². The smallest absolute Gasteiger partial charge is 0.354 e.